The zero-order chi connectivity index (χ0) is 18.3. The molecule has 0 bridgehead atoms. The molecule has 0 saturated carbocycles. The molecule has 1 aromatic heterocycles. The SMILES string of the molecule is CC(C)(C)c1ncc(S(=O)(=O)NN2CCN(CC(F)(F)F)C2=O)o1. The zero-order valence-corrected chi connectivity index (χ0v) is 14.0. The Morgan fingerprint density at radius 3 is 2.42 bits per heavy atom. The number of rotatable bonds is 4. The van der Waals surface area contributed by atoms with Crippen molar-refractivity contribution in [3.63, 3.8) is 0 Å². The molecule has 1 fully saturated rings. The second-order valence-corrected chi connectivity index (χ2v) is 7.89. The first-order valence-electron chi connectivity index (χ1n) is 6.91. The Bertz CT molecular complexity index is 723. The summed E-state index contributed by atoms with van der Waals surface area (Å²) in [6.07, 6.45) is -3.58. The van der Waals surface area contributed by atoms with Crippen LogP contribution in [0.4, 0.5) is 18.0 Å². The molecule has 24 heavy (non-hydrogen) atoms. The molecule has 1 aromatic rings. The fourth-order valence-electron chi connectivity index (χ4n) is 1.95. The van der Waals surface area contributed by atoms with Gasteiger partial charge in [0.15, 0.2) is 0 Å². The van der Waals surface area contributed by atoms with Crippen LogP contribution in [0.2, 0.25) is 0 Å². The van der Waals surface area contributed by atoms with Crippen LogP contribution in [0.3, 0.4) is 0 Å². The van der Waals surface area contributed by atoms with Gasteiger partial charge in [0.25, 0.3) is 15.1 Å². The zero-order valence-electron chi connectivity index (χ0n) is 13.2. The normalized spacial score (nSPS) is 17.0. The van der Waals surface area contributed by atoms with E-state index in [1.807, 2.05) is 4.83 Å². The van der Waals surface area contributed by atoms with Crippen LogP contribution >= 0.6 is 0 Å². The van der Waals surface area contributed by atoms with Crippen LogP contribution in [0.1, 0.15) is 26.7 Å². The van der Waals surface area contributed by atoms with Crippen molar-refractivity contribution in [3.8, 4) is 0 Å². The molecule has 2 amide bonds. The number of nitrogens with zero attached hydrogens (tertiary/aromatic N) is 3. The number of sulfonamides is 1. The van der Waals surface area contributed by atoms with E-state index in [0.29, 0.717) is 9.91 Å². The lowest BCUT2D eigenvalue weighted by atomic mass is 9.97. The number of hydrazine groups is 1. The van der Waals surface area contributed by atoms with Gasteiger partial charge < -0.3 is 9.32 Å². The molecule has 8 nitrogen and oxygen atoms in total. The summed E-state index contributed by atoms with van der Waals surface area (Å²) in [5, 5.41) is 0.0786. The number of hydrogen-bond donors (Lipinski definition) is 1. The Labute approximate surface area is 136 Å². The second-order valence-electron chi connectivity index (χ2n) is 6.30. The minimum absolute atomic E-state index is 0.175. The fraction of sp³-hybridized carbons (Fsp3) is 0.667. The summed E-state index contributed by atoms with van der Waals surface area (Å²) < 4.78 is 66.6. The number of oxazole rings is 1. The summed E-state index contributed by atoms with van der Waals surface area (Å²) in [6.45, 7) is 3.39. The molecular formula is C12H17F3N4O4S. The molecule has 2 rings (SSSR count). The van der Waals surface area contributed by atoms with Gasteiger partial charge in [-0.3, -0.25) is 0 Å². The number of halogens is 3. The van der Waals surface area contributed by atoms with Crippen molar-refractivity contribution in [2.45, 2.75) is 37.5 Å². The fourth-order valence-corrected chi connectivity index (χ4v) is 2.88. The van der Waals surface area contributed by atoms with Gasteiger partial charge in [0.1, 0.15) is 6.54 Å². The summed E-state index contributed by atoms with van der Waals surface area (Å²) in [7, 11) is -4.27. The quantitative estimate of drug-likeness (QED) is 0.866. The van der Waals surface area contributed by atoms with Gasteiger partial charge in [-0.25, -0.2) is 23.2 Å². The lowest BCUT2D eigenvalue weighted by Crippen LogP contribution is -2.46. The Morgan fingerprint density at radius 1 is 1.29 bits per heavy atom. The van der Waals surface area contributed by atoms with E-state index in [0.717, 1.165) is 6.20 Å². The third kappa shape index (κ3) is 4.17. The van der Waals surface area contributed by atoms with Gasteiger partial charge in [-0.1, -0.05) is 20.8 Å². The maximum Gasteiger partial charge on any atom is 0.406 e. The molecule has 2 heterocycles. The van der Waals surface area contributed by atoms with Gasteiger partial charge in [0, 0.05) is 12.0 Å². The van der Waals surface area contributed by atoms with Gasteiger partial charge in [0.05, 0.1) is 12.7 Å². The topological polar surface area (TPSA) is 95.8 Å². The van der Waals surface area contributed by atoms with Gasteiger partial charge in [-0.05, 0) is 0 Å². The van der Waals surface area contributed by atoms with Gasteiger partial charge in [0.2, 0.25) is 5.89 Å². The first-order chi connectivity index (χ1) is 10.8. The molecule has 1 aliphatic rings. The molecule has 1 saturated heterocycles. The summed E-state index contributed by atoms with van der Waals surface area (Å²) in [5.74, 6) is 0.175. The third-order valence-electron chi connectivity index (χ3n) is 3.09. The molecule has 0 spiro atoms. The van der Waals surface area contributed by atoms with Crippen molar-refractivity contribution in [1.29, 1.82) is 0 Å². The third-order valence-corrected chi connectivity index (χ3v) is 4.27. The van der Waals surface area contributed by atoms with Crippen LogP contribution in [0.15, 0.2) is 15.7 Å². The van der Waals surface area contributed by atoms with E-state index in [9.17, 15) is 26.4 Å². The number of hydrogen-bond acceptors (Lipinski definition) is 5. The van der Waals surface area contributed by atoms with Crippen molar-refractivity contribution in [2.75, 3.05) is 19.6 Å². The van der Waals surface area contributed by atoms with E-state index in [-0.39, 0.29) is 19.0 Å². The molecule has 0 atom stereocenters. The maximum atomic E-state index is 12.4. The van der Waals surface area contributed by atoms with Gasteiger partial charge >= 0.3 is 12.2 Å². The molecule has 1 N–H and O–H groups in total. The van der Waals surface area contributed by atoms with Crippen LogP contribution in [0.25, 0.3) is 0 Å². The predicted octanol–water partition coefficient (Wildman–Crippen LogP) is 1.47. The number of aromatic nitrogens is 1. The van der Waals surface area contributed by atoms with Crippen LogP contribution in [0.5, 0.6) is 0 Å². The van der Waals surface area contributed by atoms with E-state index in [2.05, 4.69) is 4.98 Å². The highest BCUT2D eigenvalue weighted by atomic mass is 32.2. The summed E-state index contributed by atoms with van der Waals surface area (Å²) in [4.78, 5) is 18.1. The van der Waals surface area contributed by atoms with E-state index in [1.54, 1.807) is 20.8 Å². The second kappa shape index (κ2) is 5.92. The van der Waals surface area contributed by atoms with Crippen molar-refractivity contribution >= 4 is 16.1 Å². The van der Waals surface area contributed by atoms with Crippen molar-refractivity contribution in [2.24, 2.45) is 0 Å². The van der Waals surface area contributed by atoms with E-state index < -0.39 is 39.3 Å². The standard InChI is InChI=1S/C12H17F3N4O4S/c1-11(2,3)9-16-6-8(23-9)24(21,22)17-19-5-4-18(10(19)20)7-12(13,14)15/h6,17H,4-5,7H2,1-3H3. The predicted molar refractivity (Wildman–Crippen MR) is 75.3 cm³/mol. The lowest BCUT2D eigenvalue weighted by Gasteiger charge is -2.19. The lowest BCUT2D eigenvalue weighted by molar-refractivity contribution is -0.138. The average molecular weight is 370 g/mol. The molecule has 0 unspecified atom stereocenters. The van der Waals surface area contributed by atoms with Crippen molar-refractivity contribution in [1.82, 2.24) is 19.7 Å². The highest BCUT2D eigenvalue weighted by Crippen LogP contribution is 2.24. The Kier molecular flexibility index (Phi) is 4.57. The Hall–Kier alpha value is -1.82. The van der Waals surface area contributed by atoms with Gasteiger partial charge in [-0.15, -0.1) is 4.83 Å². The minimum atomic E-state index is -4.56. The first-order valence-corrected chi connectivity index (χ1v) is 8.40. The van der Waals surface area contributed by atoms with Gasteiger partial charge in [-0.2, -0.15) is 13.2 Å². The number of carbonyl (C=O) groups is 1. The number of alkyl halides is 3. The Morgan fingerprint density at radius 2 is 1.92 bits per heavy atom. The first kappa shape index (κ1) is 18.5. The van der Waals surface area contributed by atoms with Crippen molar-refractivity contribution in [3.05, 3.63) is 12.1 Å². The highest BCUT2D eigenvalue weighted by molar-refractivity contribution is 7.89. The number of urea groups is 1. The number of nitrogens with one attached hydrogen (secondary N) is 1. The monoisotopic (exact) mass is 370 g/mol. The highest BCUT2D eigenvalue weighted by Gasteiger charge is 2.40. The van der Waals surface area contributed by atoms with Crippen LogP contribution < -0.4 is 4.83 Å². The summed E-state index contributed by atoms with van der Waals surface area (Å²) in [6, 6.07) is -1.08. The number of carbonyl (C=O) groups excluding carboxylic acids is 1. The van der Waals surface area contributed by atoms with E-state index in [1.165, 1.54) is 0 Å². The molecule has 136 valence electrons. The molecule has 12 heteroatoms. The average Bonchev–Trinajstić information content (AvgIpc) is 2.99. The number of amides is 2. The van der Waals surface area contributed by atoms with Crippen LogP contribution in [-0.4, -0.2) is 55.2 Å². The van der Waals surface area contributed by atoms with E-state index in [4.69, 9.17) is 4.42 Å². The molecule has 1 aliphatic heterocycles. The van der Waals surface area contributed by atoms with E-state index >= 15 is 0 Å². The van der Waals surface area contributed by atoms with Crippen molar-refractivity contribution < 1.29 is 30.8 Å². The molecule has 0 aromatic carbocycles. The maximum absolute atomic E-state index is 12.4. The van der Waals surface area contributed by atoms with Crippen LogP contribution in [0, 0.1) is 0 Å². The minimum Gasteiger partial charge on any atom is -0.427 e. The Balaban J connectivity index is 2.10. The largest absolute Gasteiger partial charge is 0.427 e. The van der Waals surface area contributed by atoms with Crippen LogP contribution in [-0.2, 0) is 15.4 Å². The summed E-state index contributed by atoms with van der Waals surface area (Å²) in [5.41, 5.74) is -0.527. The molecule has 0 aliphatic carbocycles. The smallest absolute Gasteiger partial charge is 0.406 e. The summed E-state index contributed by atoms with van der Waals surface area (Å²) >= 11 is 0. The molecular weight excluding hydrogens is 353 g/mol. The molecule has 0 radical (unpaired) electrons.